The summed E-state index contributed by atoms with van der Waals surface area (Å²) in [5.41, 5.74) is 11.7. The molecule has 0 saturated carbocycles. The highest BCUT2D eigenvalue weighted by Crippen LogP contribution is 2.10. The Kier molecular flexibility index (Phi) is 8.59. The molecular formula is C13H22ClN5O3S. The largest absolute Gasteiger partial charge is 0.370 e. The lowest BCUT2D eigenvalue weighted by atomic mass is 10.1. The molecule has 23 heavy (non-hydrogen) atoms. The smallest absolute Gasteiger partial charge is 0.264 e. The number of hydrogen-bond acceptors (Lipinski definition) is 5. The van der Waals surface area contributed by atoms with Gasteiger partial charge in [0.15, 0.2) is 5.96 Å². The predicted molar refractivity (Wildman–Crippen MR) is 90.9 cm³/mol. The first-order valence-corrected chi connectivity index (χ1v) is 8.17. The molecule has 1 aromatic carbocycles. The molecule has 0 fully saturated rings. The summed E-state index contributed by atoms with van der Waals surface area (Å²) >= 11 is 0. The van der Waals surface area contributed by atoms with Crippen molar-refractivity contribution in [2.75, 3.05) is 6.54 Å². The Hall–Kier alpha value is -1.84. The van der Waals surface area contributed by atoms with Crippen molar-refractivity contribution in [1.82, 2.24) is 10.0 Å². The maximum Gasteiger partial charge on any atom is 0.264 e. The Labute approximate surface area is 142 Å². The van der Waals surface area contributed by atoms with Crippen LogP contribution in [-0.2, 0) is 14.8 Å². The topological polar surface area (TPSA) is 151 Å². The van der Waals surface area contributed by atoms with Crippen LogP contribution in [0.5, 0.6) is 0 Å². The van der Waals surface area contributed by atoms with E-state index in [1.165, 1.54) is 12.1 Å². The minimum atomic E-state index is -3.91. The molecule has 0 spiro atoms. The van der Waals surface area contributed by atoms with E-state index in [2.05, 4.69) is 5.32 Å². The fraction of sp³-hybridized carbons (Fsp3) is 0.385. The van der Waals surface area contributed by atoms with Gasteiger partial charge in [-0.25, -0.2) is 13.1 Å². The third-order valence-electron chi connectivity index (χ3n) is 2.91. The van der Waals surface area contributed by atoms with Crippen LogP contribution in [0.1, 0.15) is 18.4 Å². The molecule has 0 saturated heterocycles. The quantitative estimate of drug-likeness (QED) is 0.257. The summed E-state index contributed by atoms with van der Waals surface area (Å²) in [6, 6.07) is 5.19. The van der Waals surface area contributed by atoms with E-state index < -0.39 is 22.0 Å². The Balaban J connectivity index is 0.00000484. The third-order valence-corrected chi connectivity index (χ3v) is 4.27. The average Bonchev–Trinajstić information content (AvgIpc) is 2.43. The van der Waals surface area contributed by atoms with Gasteiger partial charge in [0.25, 0.3) is 15.9 Å². The van der Waals surface area contributed by atoms with Gasteiger partial charge in [0.2, 0.25) is 0 Å². The molecule has 0 aromatic heterocycles. The van der Waals surface area contributed by atoms with E-state index in [1.807, 2.05) is 11.6 Å². The summed E-state index contributed by atoms with van der Waals surface area (Å²) in [6.45, 7) is 2.22. The molecule has 1 amide bonds. The standard InChI is InChI=1S/C13H21N5O3S.ClH/c1-9-4-6-10(7-5-9)22(20,21)18-12(19)11(14)3-2-8-17-13(15)16;/h4-7,11H,2-3,8,14H2,1H3,(H,18,19)(H4,15,16,17);1H. The highest BCUT2D eigenvalue weighted by Gasteiger charge is 2.21. The highest BCUT2D eigenvalue weighted by atomic mass is 35.5. The summed E-state index contributed by atoms with van der Waals surface area (Å²) < 4.78 is 26.0. The van der Waals surface area contributed by atoms with Gasteiger partial charge in [0, 0.05) is 6.54 Å². The number of aryl methyl sites for hydroxylation is 1. The summed E-state index contributed by atoms with van der Waals surface area (Å²) in [5, 5.41) is 9.54. The number of hydrogen-bond donors (Lipinski definition) is 5. The molecule has 0 heterocycles. The van der Waals surface area contributed by atoms with Crippen molar-refractivity contribution in [3.05, 3.63) is 29.8 Å². The molecule has 1 atom stereocenters. The Morgan fingerprint density at radius 1 is 1.30 bits per heavy atom. The fourth-order valence-corrected chi connectivity index (χ4v) is 2.69. The van der Waals surface area contributed by atoms with Crippen molar-refractivity contribution < 1.29 is 13.2 Å². The molecule has 0 aliphatic heterocycles. The number of nitrogens with one attached hydrogen (secondary N) is 3. The van der Waals surface area contributed by atoms with Crippen LogP contribution in [0.4, 0.5) is 0 Å². The normalized spacial score (nSPS) is 11.9. The molecule has 1 rings (SSSR count). The number of carbonyl (C=O) groups is 1. The average molecular weight is 364 g/mol. The number of carbonyl (C=O) groups excluding carboxylic acids is 1. The first kappa shape index (κ1) is 21.2. The molecule has 8 nitrogen and oxygen atoms in total. The van der Waals surface area contributed by atoms with E-state index in [0.717, 1.165) is 5.56 Å². The summed E-state index contributed by atoms with van der Waals surface area (Å²) in [5.74, 6) is -0.927. The van der Waals surface area contributed by atoms with Crippen LogP contribution >= 0.6 is 12.4 Å². The van der Waals surface area contributed by atoms with Crippen molar-refractivity contribution in [2.24, 2.45) is 11.5 Å². The fourth-order valence-electron chi connectivity index (χ4n) is 1.66. The predicted octanol–water partition coefficient (Wildman–Crippen LogP) is -0.188. The first-order valence-electron chi connectivity index (χ1n) is 6.69. The van der Waals surface area contributed by atoms with Gasteiger partial charge < -0.3 is 16.8 Å². The second-order valence-corrected chi connectivity index (χ2v) is 6.55. The SMILES string of the molecule is Cc1ccc(S(=O)(=O)NC(=O)C(N)CCCNC(=N)N)cc1.Cl. The van der Waals surface area contributed by atoms with Gasteiger partial charge in [0.1, 0.15) is 0 Å². The molecule has 0 bridgehead atoms. The van der Waals surface area contributed by atoms with E-state index in [9.17, 15) is 13.2 Å². The number of amides is 1. The van der Waals surface area contributed by atoms with Crippen LogP contribution in [0.15, 0.2) is 29.2 Å². The molecule has 0 aliphatic carbocycles. The van der Waals surface area contributed by atoms with Gasteiger partial charge in [-0.1, -0.05) is 17.7 Å². The van der Waals surface area contributed by atoms with Gasteiger partial charge in [-0.15, -0.1) is 12.4 Å². The van der Waals surface area contributed by atoms with Gasteiger partial charge in [-0.05, 0) is 31.9 Å². The van der Waals surface area contributed by atoms with Crippen LogP contribution in [0.2, 0.25) is 0 Å². The second kappa shape index (κ2) is 9.33. The van der Waals surface area contributed by atoms with E-state index >= 15 is 0 Å². The van der Waals surface area contributed by atoms with Gasteiger partial charge >= 0.3 is 0 Å². The summed E-state index contributed by atoms with van der Waals surface area (Å²) in [4.78, 5) is 11.8. The Morgan fingerprint density at radius 2 is 1.87 bits per heavy atom. The third kappa shape index (κ3) is 7.31. The zero-order valence-electron chi connectivity index (χ0n) is 12.7. The van der Waals surface area contributed by atoms with Crippen molar-refractivity contribution in [1.29, 1.82) is 5.41 Å². The second-order valence-electron chi connectivity index (χ2n) is 4.87. The molecule has 10 heteroatoms. The van der Waals surface area contributed by atoms with Crippen molar-refractivity contribution in [3.8, 4) is 0 Å². The molecular weight excluding hydrogens is 342 g/mol. The first-order chi connectivity index (χ1) is 10.2. The van der Waals surface area contributed by atoms with Crippen molar-refractivity contribution >= 4 is 34.3 Å². The van der Waals surface area contributed by atoms with Crippen LogP contribution in [0, 0.1) is 12.3 Å². The number of benzene rings is 1. The Morgan fingerprint density at radius 3 is 2.39 bits per heavy atom. The highest BCUT2D eigenvalue weighted by molar-refractivity contribution is 7.90. The summed E-state index contributed by atoms with van der Waals surface area (Å²) in [7, 11) is -3.91. The van der Waals surface area contributed by atoms with Gasteiger partial charge in [-0.2, -0.15) is 0 Å². The van der Waals surface area contributed by atoms with Crippen molar-refractivity contribution in [3.63, 3.8) is 0 Å². The van der Waals surface area contributed by atoms with Crippen LogP contribution < -0.4 is 21.5 Å². The molecule has 7 N–H and O–H groups in total. The van der Waals surface area contributed by atoms with Gasteiger partial charge in [0.05, 0.1) is 10.9 Å². The van der Waals surface area contributed by atoms with Crippen LogP contribution in [0.25, 0.3) is 0 Å². The maximum atomic E-state index is 12.0. The Bertz CT molecular complexity index is 634. The van der Waals surface area contributed by atoms with E-state index in [-0.39, 0.29) is 29.7 Å². The minimum Gasteiger partial charge on any atom is -0.370 e. The molecule has 1 aromatic rings. The zero-order valence-corrected chi connectivity index (χ0v) is 14.3. The monoisotopic (exact) mass is 363 g/mol. The van der Waals surface area contributed by atoms with Crippen LogP contribution in [0.3, 0.4) is 0 Å². The van der Waals surface area contributed by atoms with E-state index in [0.29, 0.717) is 13.0 Å². The molecule has 1 unspecified atom stereocenters. The number of guanidine groups is 1. The minimum absolute atomic E-state index is 0. The number of rotatable bonds is 7. The zero-order chi connectivity index (χ0) is 16.8. The van der Waals surface area contributed by atoms with Gasteiger partial charge in [-0.3, -0.25) is 10.2 Å². The van der Waals surface area contributed by atoms with E-state index in [4.69, 9.17) is 16.9 Å². The lowest BCUT2D eigenvalue weighted by Gasteiger charge is -2.13. The maximum absolute atomic E-state index is 12.0. The molecule has 130 valence electrons. The lowest BCUT2D eigenvalue weighted by Crippen LogP contribution is -2.43. The number of sulfonamides is 1. The van der Waals surface area contributed by atoms with Crippen LogP contribution in [-0.4, -0.2) is 32.9 Å². The lowest BCUT2D eigenvalue weighted by molar-refractivity contribution is -0.120. The number of nitrogens with two attached hydrogens (primary N) is 2. The summed E-state index contributed by atoms with van der Waals surface area (Å²) in [6.07, 6.45) is 0.758. The van der Waals surface area contributed by atoms with E-state index in [1.54, 1.807) is 12.1 Å². The number of halogens is 1. The molecule has 0 radical (unpaired) electrons. The van der Waals surface area contributed by atoms with Crippen molar-refractivity contribution in [2.45, 2.75) is 30.7 Å². The molecule has 0 aliphatic rings.